The monoisotopic (exact) mass is 212 g/mol. The van der Waals surface area contributed by atoms with E-state index in [4.69, 9.17) is 9.68 Å². The van der Waals surface area contributed by atoms with Gasteiger partial charge in [0.1, 0.15) is 6.07 Å². The smallest absolute Gasteiger partial charge is 0.101 e. The van der Waals surface area contributed by atoms with Crippen molar-refractivity contribution in [3.63, 3.8) is 0 Å². The van der Waals surface area contributed by atoms with Crippen molar-refractivity contribution in [2.45, 2.75) is 6.54 Å². The summed E-state index contributed by atoms with van der Waals surface area (Å²) in [7, 11) is 1.96. The molecule has 3 nitrogen and oxygen atoms in total. The van der Waals surface area contributed by atoms with Crippen molar-refractivity contribution in [2.75, 3.05) is 11.9 Å². The van der Waals surface area contributed by atoms with Gasteiger partial charge in [-0.15, -0.1) is 0 Å². The standard InChI is InChI=1S/C13H12N2O/c1-15(9-11-6-7-16-10-11)13-5-3-2-4-12(13)8-14/h2-7,10H,9H2,1H3. The lowest BCUT2D eigenvalue weighted by atomic mass is 10.1. The van der Waals surface area contributed by atoms with Crippen molar-refractivity contribution < 1.29 is 4.42 Å². The fourth-order valence-corrected chi connectivity index (χ4v) is 1.64. The first kappa shape index (κ1) is 10.3. The molecule has 16 heavy (non-hydrogen) atoms. The highest BCUT2D eigenvalue weighted by atomic mass is 16.3. The summed E-state index contributed by atoms with van der Waals surface area (Å²) in [5.74, 6) is 0. The van der Waals surface area contributed by atoms with E-state index in [2.05, 4.69) is 6.07 Å². The molecule has 2 rings (SSSR count). The summed E-state index contributed by atoms with van der Waals surface area (Å²) in [6.45, 7) is 0.731. The molecule has 0 amide bonds. The quantitative estimate of drug-likeness (QED) is 0.785. The minimum atomic E-state index is 0.688. The van der Waals surface area contributed by atoms with Crippen LogP contribution in [-0.2, 0) is 6.54 Å². The zero-order chi connectivity index (χ0) is 11.4. The van der Waals surface area contributed by atoms with Gasteiger partial charge in [0.25, 0.3) is 0 Å². The molecule has 0 radical (unpaired) electrons. The third-order valence-corrected chi connectivity index (χ3v) is 2.44. The van der Waals surface area contributed by atoms with Gasteiger partial charge in [0.2, 0.25) is 0 Å². The SMILES string of the molecule is CN(Cc1ccoc1)c1ccccc1C#N. The van der Waals surface area contributed by atoms with Crippen LogP contribution in [0.1, 0.15) is 11.1 Å². The van der Waals surface area contributed by atoms with Crippen molar-refractivity contribution in [3.8, 4) is 6.07 Å². The number of hydrogen-bond acceptors (Lipinski definition) is 3. The number of nitriles is 1. The van der Waals surface area contributed by atoms with E-state index in [1.807, 2.05) is 42.3 Å². The predicted octanol–water partition coefficient (Wildman–Crippen LogP) is 2.79. The van der Waals surface area contributed by atoms with Gasteiger partial charge in [-0.2, -0.15) is 5.26 Å². The number of benzene rings is 1. The van der Waals surface area contributed by atoms with Gasteiger partial charge in [-0.25, -0.2) is 0 Å². The highest BCUT2D eigenvalue weighted by Crippen LogP contribution is 2.20. The Morgan fingerprint density at radius 3 is 2.81 bits per heavy atom. The van der Waals surface area contributed by atoms with Crippen LogP contribution in [0.5, 0.6) is 0 Å². The average molecular weight is 212 g/mol. The topological polar surface area (TPSA) is 40.2 Å². The first-order valence-corrected chi connectivity index (χ1v) is 5.02. The minimum absolute atomic E-state index is 0.688. The number of hydrogen-bond donors (Lipinski definition) is 0. The van der Waals surface area contributed by atoms with E-state index < -0.39 is 0 Å². The first-order valence-electron chi connectivity index (χ1n) is 5.02. The Kier molecular flexibility index (Phi) is 2.93. The zero-order valence-corrected chi connectivity index (χ0v) is 9.05. The number of rotatable bonds is 3. The van der Waals surface area contributed by atoms with E-state index in [0.717, 1.165) is 17.8 Å². The molecule has 0 aliphatic rings. The highest BCUT2D eigenvalue weighted by molar-refractivity contribution is 5.58. The summed E-state index contributed by atoms with van der Waals surface area (Å²) in [4.78, 5) is 2.03. The maximum atomic E-state index is 9.00. The molecule has 1 heterocycles. The van der Waals surface area contributed by atoms with Gasteiger partial charge in [0, 0.05) is 19.2 Å². The van der Waals surface area contributed by atoms with E-state index in [0.29, 0.717) is 5.56 Å². The Bertz CT molecular complexity index is 497. The largest absolute Gasteiger partial charge is 0.472 e. The van der Waals surface area contributed by atoms with Gasteiger partial charge in [0.15, 0.2) is 0 Å². The molecule has 1 aromatic heterocycles. The lowest BCUT2D eigenvalue weighted by molar-refractivity contribution is 0.563. The lowest BCUT2D eigenvalue weighted by Crippen LogP contribution is -2.16. The molecule has 0 fully saturated rings. The van der Waals surface area contributed by atoms with Crippen LogP contribution in [0.2, 0.25) is 0 Å². The van der Waals surface area contributed by atoms with E-state index in [-0.39, 0.29) is 0 Å². The maximum Gasteiger partial charge on any atom is 0.101 e. The van der Waals surface area contributed by atoms with Gasteiger partial charge in [-0.05, 0) is 18.2 Å². The zero-order valence-electron chi connectivity index (χ0n) is 9.05. The average Bonchev–Trinajstić information content (AvgIpc) is 2.81. The molecule has 1 aromatic carbocycles. The van der Waals surface area contributed by atoms with E-state index in [1.54, 1.807) is 12.5 Å². The van der Waals surface area contributed by atoms with E-state index in [1.165, 1.54) is 0 Å². The second-order valence-corrected chi connectivity index (χ2v) is 3.62. The molecule has 0 aliphatic heterocycles. The summed E-state index contributed by atoms with van der Waals surface area (Å²) in [5, 5.41) is 9.00. The van der Waals surface area contributed by atoms with Crippen molar-refractivity contribution in [1.29, 1.82) is 5.26 Å². The lowest BCUT2D eigenvalue weighted by Gasteiger charge is -2.19. The van der Waals surface area contributed by atoms with Gasteiger partial charge >= 0.3 is 0 Å². The Balaban J connectivity index is 2.21. The highest BCUT2D eigenvalue weighted by Gasteiger charge is 2.07. The van der Waals surface area contributed by atoms with Crippen LogP contribution >= 0.6 is 0 Å². The predicted molar refractivity (Wildman–Crippen MR) is 62.0 cm³/mol. The van der Waals surface area contributed by atoms with Crippen LogP contribution in [0.4, 0.5) is 5.69 Å². The molecule has 0 bridgehead atoms. The molecule has 0 N–H and O–H groups in total. The molecule has 0 saturated carbocycles. The number of furan rings is 1. The Hall–Kier alpha value is -2.21. The Morgan fingerprint density at radius 1 is 1.31 bits per heavy atom. The summed E-state index contributed by atoms with van der Waals surface area (Å²) in [6, 6.07) is 11.7. The Labute approximate surface area is 94.5 Å². The second kappa shape index (κ2) is 4.54. The minimum Gasteiger partial charge on any atom is -0.472 e. The van der Waals surface area contributed by atoms with Crippen molar-refractivity contribution in [1.82, 2.24) is 0 Å². The van der Waals surface area contributed by atoms with E-state index in [9.17, 15) is 0 Å². The van der Waals surface area contributed by atoms with Crippen molar-refractivity contribution >= 4 is 5.69 Å². The third kappa shape index (κ3) is 2.06. The molecule has 0 aliphatic carbocycles. The fourth-order valence-electron chi connectivity index (χ4n) is 1.64. The molecule has 0 saturated heterocycles. The van der Waals surface area contributed by atoms with Crippen LogP contribution in [0.3, 0.4) is 0 Å². The van der Waals surface area contributed by atoms with Crippen LogP contribution in [-0.4, -0.2) is 7.05 Å². The third-order valence-electron chi connectivity index (χ3n) is 2.44. The second-order valence-electron chi connectivity index (χ2n) is 3.62. The molecule has 2 aromatic rings. The molecule has 0 spiro atoms. The summed E-state index contributed by atoms with van der Waals surface area (Å²) < 4.78 is 5.02. The maximum absolute atomic E-state index is 9.00. The number of para-hydroxylation sites is 1. The van der Waals surface area contributed by atoms with Gasteiger partial charge in [-0.3, -0.25) is 0 Å². The fraction of sp³-hybridized carbons (Fsp3) is 0.154. The molecular formula is C13H12N2O. The van der Waals surface area contributed by atoms with E-state index >= 15 is 0 Å². The normalized spacial score (nSPS) is 9.75. The van der Waals surface area contributed by atoms with Crippen LogP contribution < -0.4 is 4.90 Å². The van der Waals surface area contributed by atoms with Crippen molar-refractivity contribution in [2.24, 2.45) is 0 Å². The number of nitrogens with zero attached hydrogens (tertiary/aromatic N) is 2. The van der Waals surface area contributed by atoms with Gasteiger partial charge in [-0.1, -0.05) is 12.1 Å². The number of anilines is 1. The van der Waals surface area contributed by atoms with Crippen molar-refractivity contribution in [3.05, 3.63) is 54.0 Å². The van der Waals surface area contributed by atoms with Gasteiger partial charge < -0.3 is 9.32 Å². The molecule has 3 heteroatoms. The molecule has 80 valence electrons. The molecular weight excluding hydrogens is 200 g/mol. The molecule has 0 atom stereocenters. The summed E-state index contributed by atoms with van der Waals surface area (Å²) >= 11 is 0. The van der Waals surface area contributed by atoms with Gasteiger partial charge in [0.05, 0.1) is 23.8 Å². The van der Waals surface area contributed by atoms with Crippen LogP contribution in [0.25, 0.3) is 0 Å². The van der Waals surface area contributed by atoms with Crippen LogP contribution in [0.15, 0.2) is 47.3 Å². The summed E-state index contributed by atoms with van der Waals surface area (Å²) in [5.41, 5.74) is 2.72. The first-order chi connectivity index (χ1) is 7.81. The Morgan fingerprint density at radius 2 is 2.12 bits per heavy atom. The van der Waals surface area contributed by atoms with Crippen LogP contribution in [0, 0.1) is 11.3 Å². The summed E-state index contributed by atoms with van der Waals surface area (Å²) in [6.07, 6.45) is 3.37. The molecule has 0 unspecified atom stereocenters.